The van der Waals surface area contributed by atoms with Gasteiger partial charge in [0.25, 0.3) is 0 Å². The number of hydrogen-bond acceptors (Lipinski definition) is 5. The molecule has 0 saturated heterocycles. The average molecular weight is 439 g/mol. The quantitative estimate of drug-likeness (QED) is 0.414. The van der Waals surface area contributed by atoms with Gasteiger partial charge < -0.3 is 9.72 Å². The molecule has 9 heteroatoms. The molecule has 0 aliphatic heterocycles. The van der Waals surface area contributed by atoms with E-state index in [9.17, 15) is 4.39 Å². The lowest BCUT2D eigenvalue weighted by Crippen LogP contribution is -1.88. The summed E-state index contributed by atoms with van der Waals surface area (Å²) in [5.74, 6) is 0.0895. The monoisotopic (exact) mass is 439 g/mol. The summed E-state index contributed by atoms with van der Waals surface area (Å²) in [6.07, 6.45) is 5.39. The van der Waals surface area contributed by atoms with E-state index in [0.717, 1.165) is 38.9 Å². The lowest BCUT2D eigenvalue weighted by molar-refractivity contribution is 0.411. The second kappa shape index (κ2) is 7.27. The van der Waals surface area contributed by atoms with E-state index >= 15 is 0 Å². The van der Waals surface area contributed by atoms with Gasteiger partial charge in [0.2, 0.25) is 0 Å². The number of H-pyrrole nitrogens is 2. The highest BCUT2D eigenvalue weighted by Crippen LogP contribution is 2.34. The van der Waals surface area contributed by atoms with Gasteiger partial charge in [0, 0.05) is 36.5 Å². The Kier molecular flexibility index (Phi) is 4.22. The molecule has 162 valence electrons. The van der Waals surface area contributed by atoms with Gasteiger partial charge >= 0.3 is 0 Å². The van der Waals surface area contributed by atoms with Crippen molar-refractivity contribution in [2.24, 2.45) is 7.05 Å². The standard InChI is InChI=1S/C24H18FN7O/c1-32-12-14(11-27-32)19-3-4-20-22(28-19)23(31-30-20)21-10-18-17(5-6-26-24(18)29-21)13-7-15(25)9-16(8-13)33-2/h3-12H,1-2H3,(H,26,29)(H,30,31). The fraction of sp³-hybridized carbons (Fsp3) is 0.0833. The number of ether oxygens (including phenoxy) is 1. The minimum absolute atomic E-state index is 0.365. The van der Waals surface area contributed by atoms with E-state index in [2.05, 4.69) is 25.3 Å². The number of benzene rings is 1. The highest BCUT2D eigenvalue weighted by atomic mass is 19.1. The minimum Gasteiger partial charge on any atom is -0.497 e. The van der Waals surface area contributed by atoms with Gasteiger partial charge in [-0.15, -0.1) is 0 Å². The molecule has 0 amide bonds. The van der Waals surface area contributed by atoms with Crippen molar-refractivity contribution in [1.82, 2.24) is 34.9 Å². The Morgan fingerprint density at radius 3 is 2.79 bits per heavy atom. The maximum absolute atomic E-state index is 14.2. The van der Waals surface area contributed by atoms with Gasteiger partial charge in [0.1, 0.15) is 28.4 Å². The lowest BCUT2D eigenvalue weighted by Gasteiger charge is -2.06. The Labute approximate surface area is 187 Å². The minimum atomic E-state index is -0.365. The van der Waals surface area contributed by atoms with Gasteiger partial charge in [-0.1, -0.05) is 0 Å². The molecule has 6 rings (SSSR count). The number of aromatic amines is 2. The summed E-state index contributed by atoms with van der Waals surface area (Å²) in [5.41, 5.74) is 6.93. The summed E-state index contributed by atoms with van der Waals surface area (Å²) < 4.78 is 21.1. The number of pyridine rings is 2. The van der Waals surface area contributed by atoms with Crippen molar-refractivity contribution in [3.8, 4) is 39.5 Å². The van der Waals surface area contributed by atoms with Crippen LogP contribution >= 0.6 is 0 Å². The van der Waals surface area contributed by atoms with Gasteiger partial charge in [-0.2, -0.15) is 10.2 Å². The molecule has 0 fully saturated rings. The second-order valence-corrected chi connectivity index (χ2v) is 7.75. The highest BCUT2D eigenvalue weighted by Gasteiger charge is 2.17. The largest absolute Gasteiger partial charge is 0.497 e. The van der Waals surface area contributed by atoms with Crippen LogP contribution in [-0.2, 0) is 7.05 Å². The first-order chi connectivity index (χ1) is 16.1. The number of fused-ring (bicyclic) bond motifs is 2. The predicted octanol–water partition coefficient (Wildman–Crippen LogP) is 4.72. The molecular weight excluding hydrogens is 421 g/mol. The molecule has 5 heterocycles. The maximum Gasteiger partial charge on any atom is 0.138 e. The van der Waals surface area contributed by atoms with Gasteiger partial charge in [-0.05, 0) is 47.5 Å². The number of rotatable bonds is 4. The first-order valence-electron chi connectivity index (χ1n) is 10.3. The lowest BCUT2D eigenvalue weighted by atomic mass is 10.0. The molecule has 0 aliphatic rings. The van der Waals surface area contributed by atoms with Crippen molar-refractivity contribution < 1.29 is 9.13 Å². The molecule has 1 aromatic carbocycles. The second-order valence-electron chi connectivity index (χ2n) is 7.75. The molecule has 2 N–H and O–H groups in total. The Hall–Kier alpha value is -4.53. The van der Waals surface area contributed by atoms with Crippen LogP contribution in [0.15, 0.2) is 61.1 Å². The van der Waals surface area contributed by atoms with Crippen LogP contribution in [0.3, 0.4) is 0 Å². The first kappa shape index (κ1) is 19.2. The summed E-state index contributed by atoms with van der Waals surface area (Å²) in [4.78, 5) is 12.6. The number of aromatic nitrogens is 7. The Bertz CT molecular complexity index is 1650. The predicted molar refractivity (Wildman–Crippen MR) is 123 cm³/mol. The van der Waals surface area contributed by atoms with Crippen LogP contribution in [0.25, 0.3) is 55.8 Å². The van der Waals surface area contributed by atoms with E-state index in [1.807, 2.05) is 37.5 Å². The van der Waals surface area contributed by atoms with Crippen molar-refractivity contribution in [3.63, 3.8) is 0 Å². The normalized spacial score (nSPS) is 11.5. The number of nitrogens with zero attached hydrogens (tertiary/aromatic N) is 5. The summed E-state index contributed by atoms with van der Waals surface area (Å²) in [5, 5.41) is 12.6. The van der Waals surface area contributed by atoms with Crippen LogP contribution in [0.5, 0.6) is 5.75 Å². The molecule has 0 saturated carbocycles. The van der Waals surface area contributed by atoms with Crippen molar-refractivity contribution >= 4 is 22.1 Å². The van der Waals surface area contributed by atoms with E-state index < -0.39 is 0 Å². The van der Waals surface area contributed by atoms with E-state index in [1.165, 1.54) is 19.2 Å². The molecule has 0 aliphatic carbocycles. The Morgan fingerprint density at radius 1 is 1.06 bits per heavy atom. The van der Waals surface area contributed by atoms with E-state index in [4.69, 9.17) is 9.72 Å². The van der Waals surface area contributed by atoms with Crippen LogP contribution in [0.2, 0.25) is 0 Å². The van der Waals surface area contributed by atoms with Gasteiger partial charge in [0.15, 0.2) is 0 Å². The molecule has 33 heavy (non-hydrogen) atoms. The Balaban J connectivity index is 1.50. The van der Waals surface area contributed by atoms with Crippen molar-refractivity contribution in [2.75, 3.05) is 7.11 Å². The maximum atomic E-state index is 14.2. The number of hydrogen-bond donors (Lipinski definition) is 2. The third kappa shape index (κ3) is 3.21. The van der Waals surface area contributed by atoms with Gasteiger partial charge in [-0.3, -0.25) is 9.78 Å². The van der Waals surface area contributed by atoms with Crippen LogP contribution in [0, 0.1) is 5.82 Å². The zero-order valence-electron chi connectivity index (χ0n) is 17.8. The fourth-order valence-electron chi connectivity index (χ4n) is 4.04. The first-order valence-corrected chi connectivity index (χ1v) is 10.3. The van der Waals surface area contributed by atoms with Crippen molar-refractivity contribution in [3.05, 3.63) is 66.9 Å². The van der Waals surface area contributed by atoms with Crippen LogP contribution in [0.4, 0.5) is 4.39 Å². The molecule has 0 unspecified atom stereocenters. The van der Waals surface area contributed by atoms with Gasteiger partial charge in [-0.25, -0.2) is 14.4 Å². The third-order valence-electron chi connectivity index (χ3n) is 5.61. The van der Waals surface area contributed by atoms with Crippen LogP contribution in [0.1, 0.15) is 0 Å². The molecule has 0 radical (unpaired) electrons. The number of halogens is 1. The van der Waals surface area contributed by atoms with E-state index in [0.29, 0.717) is 22.7 Å². The summed E-state index contributed by atoms with van der Waals surface area (Å²) >= 11 is 0. The molecule has 0 bridgehead atoms. The fourth-order valence-corrected chi connectivity index (χ4v) is 4.04. The van der Waals surface area contributed by atoms with E-state index in [-0.39, 0.29) is 5.82 Å². The molecule has 5 aromatic heterocycles. The Morgan fingerprint density at radius 2 is 1.97 bits per heavy atom. The molecule has 0 atom stereocenters. The van der Waals surface area contributed by atoms with Crippen molar-refractivity contribution in [2.45, 2.75) is 0 Å². The summed E-state index contributed by atoms with van der Waals surface area (Å²) in [6, 6.07) is 12.3. The molecule has 6 aromatic rings. The number of methoxy groups -OCH3 is 1. The van der Waals surface area contributed by atoms with E-state index in [1.54, 1.807) is 23.1 Å². The van der Waals surface area contributed by atoms with Crippen molar-refractivity contribution in [1.29, 1.82) is 0 Å². The van der Waals surface area contributed by atoms with Crippen LogP contribution in [-0.4, -0.2) is 42.0 Å². The molecule has 0 spiro atoms. The summed E-state index contributed by atoms with van der Waals surface area (Å²) in [7, 11) is 3.39. The smallest absolute Gasteiger partial charge is 0.138 e. The topological polar surface area (TPSA) is 97.3 Å². The SMILES string of the molecule is COc1cc(F)cc(-c2ccnc3[nH]c(-c4n[nH]c5ccc(-c6cnn(C)c6)nc45)cc23)c1. The van der Waals surface area contributed by atoms with Crippen LogP contribution < -0.4 is 4.74 Å². The molecule has 8 nitrogen and oxygen atoms in total. The number of aryl methyl sites for hydroxylation is 1. The zero-order chi connectivity index (χ0) is 22.5. The third-order valence-corrected chi connectivity index (χ3v) is 5.61. The average Bonchev–Trinajstić information content (AvgIpc) is 3.55. The molecular formula is C24H18FN7O. The van der Waals surface area contributed by atoms with Gasteiger partial charge in [0.05, 0.1) is 30.2 Å². The zero-order valence-corrected chi connectivity index (χ0v) is 17.8. The number of nitrogens with one attached hydrogen (secondary N) is 2. The highest BCUT2D eigenvalue weighted by molar-refractivity contribution is 5.99. The summed E-state index contributed by atoms with van der Waals surface area (Å²) in [6.45, 7) is 0.